The van der Waals surface area contributed by atoms with E-state index in [1.54, 1.807) is 7.05 Å². The lowest BCUT2D eigenvalue weighted by molar-refractivity contribution is 0.121. The van der Waals surface area contributed by atoms with Crippen LogP contribution in [0.4, 0.5) is 4.79 Å². The van der Waals surface area contributed by atoms with Gasteiger partial charge >= 0.3 is 6.03 Å². The lowest BCUT2D eigenvalue weighted by Crippen LogP contribution is -2.47. The second kappa shape index (κ2) is 3.96. The second-order valence-electron chi connectivity index (χ2n) is 3.98. The molecule has 4 heteroatoms. The SMILES string of the molecule is CNC(=O)NC1CCCC1(C)CO. The van der Waals surface area contributed by atoms with Crippen LogP contribution in [0.25, 0.3) is 0 Å². The summed E-state index contributed by atoms with van der Waals surface area (Å²) in [5.74, 6) is 0. The fourth-order valence-electron chi connectivity index (χ4n) is 1.90. The van der Waals surface area contributed by atoms with Crippen LogP contribution in [-0.2, 0) is 0 Å². The number of amides is 2. The van der Waals surface area contributed by atoms with E-state index in [1.807, 2.05) is 6.92 Å². The molecular weight excluding hydrogens is 168 g/mol. The highest BCUT2D eigenvalue weighted by molar-refractivity contribution is 5.73. The Morgan fingerprint density at radius 3 is 2.92 bits per heavy atom. The Bertz CT molecular complexity index is 196. The van der Waals surface area contributed by atoms with E-state index in [-0.39, 0.29) is 24.1 Å². The fourth-order valence-corrected chi connectivity index (χ4v) is 1.90. The number of rotatable bonds is 2. The Morgan fingerprint density at radius 1 is 1.69 bits per heavy atom. The highest BCUT2D eigenvalue weighted by atomic mass is 16.3. The van der Waals surface area contributed by atoms with E-state index in [4.69, 9.17) is 0 Å². The van der Waals surface area contributed by atoms with Crippen molar-refractivity contribution in [3.8, 4) is 0 Å². The third-order valence-corrected chi connectivity index (χ3v) is 2.98. The molecule has 1 rings (SSSR count). The van der Waals surface area contributed by atoms with Crippen LogP contribution >= 0.6 is 0 Å². The summed E-state index contributed by atoms with van der Waals surface area (Å²) in [6, 6.07) is -0.0518. The lowest BCUT2D eigenvalue weighted by Gasteiger charge is -2.29. The molecule has 0 heterocycles. The quantitative estimate of drug-likeness (QED) is 0.587. The van der Waals surface area contributed by atoms with Crippen molar-refractivity contribution in [2.24, 2.45) is 5.41 Å². The maximum Gasteiger partial charge on any atom is 0.314 e. The van der Waals surface area contributed by atoms with Crippen LogP contribution in [0.5, 0.6) is 0 Å². The van der Waals surface area contributed by atoms with Gasteiger partial charge in [-0.05, 0) is 12.8 Å². The molecule has 0 bridgehead atoms. The van der Waals surface area contributed by atoms with Crippen molar-refractivity contribution < 1.29 is 9.90 Å². The number of hydrogen-bond donors (Lipinski definition) is 3. The molecule has 0 aliphatic heterocycles. The van der Waals surface area contributed by atoms with Gasteiger partial charge in [0.25, 0.3) is 0 Å². The molecular formula is C9H18N2O2. The Balaban J connectivity index is 2.53. The molecule has 76 valence electrons. The summed E-state index contributed by atoms with van der Waals surface area (Å²) in [6.45, 7) is 2.16. The number of aliphatic hydroxyl groups excluding tert-OH is 1. The monoisotopic (exact) mass is 186 g/mol. The van der Waals surface area contributed by atoms with Crippen LogP contribution in [0.15, 0.2) is 0 Å². The van der Waals surface area contributed by atoms with Gasteiger partial charge in [-0.15, -0.1) is 0 Å². The largest absolute Gasteiger partial charge is 0.396 e. The average molecular weight is 186 g/mol. The Labute approximate surface area is 78.7 Å². The number of carbonyl (C=O) groups is 1. The maximum absolute atomic E-state index is 11.1. The normalized spacial score (nSPS) is 33.0. The summed E-state index contributed by atoms with van der Waals surface area (Å²) in [4.78, 5) is 11.1. The van der Waals surface area contributed by atoms with Gasteiger partial charge in [0.1, 0.15) is 0 Å². The summed E-state index contributed by atoms with van der Waals surface area (Å²) >= 11 is 0. The smallest absolute Gasteiger partial charge is 0.314 e. The van der Waals surface area contributed by atoms with Crippen LogP contribution in [0.1, 0.15) is 26.2 Å². The molecule has 3 N–H and O–H groups in total. The van der Waals surface area contributed by atoms with Crippen LogP contribution < -0.4 is 10.6 Å². The van der Waals surface area contributed by atoms with Gasteiger partial charge in [0.15, 0.2) is 0 Å². The minimum Gasteiger partial charge on any atom is -0.396 e. The molecule has 0 radical (unpaired) electrons. The van der Waals surface area contributed by atoms with Gasteiger partial charge < -0.3 is 15.7 Å². The minimum absolute atomic E-state index is 0.109. The second-order valence-corrected chi connectivity index (χ2v) is 3.98. The van der Waals surface area contributed by atoms with Crippen molar-refractivity contribution in [2.45, 2.75) is 32.2 Å². The highest BCUT2D eigenvalue weighted by Gasteiger charge is 2.38. The summed E-state index contributed by atoms with van der Waals surface area (Å²) in [5.41, 5.74) is -0.132. The van der Waals surface area contributed by atoms with Crippen LogP contribution in [0, 0.1) is 5.41 Å². The first-order valence-corrected chi connectivity index (χ1v) is 4.71. The molecule has 2 amide bonds. The van der Waals surface area contributed by atoms with E-state index >= 15 is 0 Å². The van der Waals surface area contributed by atoms with Crippen LogP contribution in [0.2, 0.25) is 0 Å². The zero-order valence-corrected chi connectivity index (χ0v) is 8.26. The molecule has 0 aromatic rings. The molecule has 1 saturated carbocycles. The van der Waals surface area contributed by atoms with Gasteiger partial charge in [-0.25, -0.2) is 4.79 Å². The lowest BCUT2D eigenvalue weighted by atomic mass is 9.86. The molecule has 1 fully saturated rings. The molecule has 0 spiro atoms. The molecule has 13 heavy (non-hydrogen) atoms. The first-order chi connectivity index (χ1) is 6.12. The van der Waals surface area contributed by atoms with Gasteiger partial charge in [0, 0.05) is 18.5 Å². The van der Waals surface area contributed by atoms with E-state index < -0.39 is 0 Å². The van der Waals surface area contributed by atoms with Crippen molar-refractivity contribution in [1.29, 1.82) is 0 Å². The Hall–Kier alpha value is -0.770. The number of urea groups is 1. The van der Waals surface area contributed by atoms with Crippen LogP contribution in [0.3, 0.4) is 0 Å². The van der Waals surface area contributed by atoms with Crippen molar-refractivity contribution in [1.82, 2.24) is 10.6 Å². The Kier molecular flexibility index (Phi) is 3.14. The first-order valence-electron chi connectivity index (χ1n) is 4.71. The average Bonchev–Trinajstić information content (AvgIpc) is 2.49. The molecule has 0 saturated heterocycles. The summed E-state index contributed by atoms with van der Waals surface area (Å²) in [5, 5.41) is 14.6. The molecule has 4 nitrogen and oxygen atoms in total. The zero-order chi connectivity index (χ0) is 9.90. The summed E-state index contributed by atoms with van der Waals surface area (Å²) < 4.78 is 0. The third kappa shape index (κ3) is 2.12. The van der Waals surface area contributed by atoms with E-state index in [2.05, 4.69) is 10.6 Å². The van der Waals surface area contributed by atoms with Gasteiger partial charge in [-0.2, -0.15) is 0 Å². The van der Waals surface area contributed by atoms with Gasteiger partial charge in [0.05, 0.1) is 6.61 Å². The molecule has 0 aromatic carbocycles. The molecule has 1 aliphatic rings. The van der Waals surface area contributed by atoms with E-state index in [1.165, 1.54) is 0 Å². The number of aliphatic hydroxyl groups is 1. The Morgan fingerprint density at radius 2 is 2.38 bits per heavy atom. The van der Waals surface area contributed by atoms with E-state index in [0.29, 0.717) is 0 Å². The number of hydrogen-bond acceptors (Lipinski definition) is 2. The highest BCUT2D eigenvalue weighted by Crippen LogP contribution is 2.37. The molecule has 1 aliphatic carbocycles. The fraction of sp³-hybridized carbons (Fsp3) is 0.889. The van der Waals surface area contributed by atoms with Crippen molar-refractivity contribution >= 4 is 6.03 Å². The summed E-state index contributed by atoms with van der Waals surface area (Å²) in [6.07, 6.45) is 3.02. The topological polar surface area (TPSA) is 61.4 Å². The standard InChI is InChI=1S/C9H18N2O2/c1-9(6-12)5-3-4-7(9)11-8(13)10-2/h7,12H,3-6H2,1-2H3,(H2,10,11,13). The summed E-state index contributed by atoms with van der Waals surface area (Å²) in [7, 11) is 1.60. The third-order valence-electron chi connectivity index (χ3n) is 2.98. The maximum atomic E-state index is 11.1. The first kappa shape index (κ1) is 10.3. The molecule has 0 aromatic heterocycles. The van der Waals surface area contributed by atoms with Gasteiger partial charge in [-0.1, -0.05) is 13.3 Å². The molecule has 2 unspecified atom stereocenters. The van der Waals surface area contributed by atoms with E-state index in [0.717, 1.165) is 19.3 Å². The van der Waals surface area contributed by atoms with Gasteiger partial charge in [-0.3, -0.25) is 0 Å². The van der Waals surface area contributed by atoms with Crippen molar-refractivity contribution in [3.05, 3.63) is 0 Å². The zero-order valence-electron chi connectivity index (χ0n) is 8.26. The van der Waals surface area contributed by atoms with E-state index in [9.17, 15) is 9.90 Å². The minimum atomic E-state index is -0.161. The predicted molar refractivity (Wildman–Crippen MR) is 50.4 cm³/mol. The number of nitrogens with one attached hydrogen (secondary N) is 2. The van der Waals surface area contributed by atoms with Crippen molar-refractivity contribution in [2.75, 3.05) is 13.7 Å². The molecule has 2 atom stereocenters. The van der Waals surface area contributed by atoms with Gasteiger partial charge in [0.2, 0.25) is 0 Å². The van der Waals surface area contributed by atoms with Crippen molar-refractivity contribution in [3.63, 3.8) is 0 Å². The number of carbonyl (C=O) groups excluding carboxylic acids is 1. The van der Waals surface area contributed by atoms with Crippen LogP contribution in [-0.4, -0.2) is 30.8 Å². The predicted octanol–water partition coefficient (Wildman–Crippen LogP) is 0.466.